The number of nitriles is 1. The van der Waals surface area contributed by atoms with Crippen LogP contribution < -0.4 is 10.2 Å². The van der Waals surface area contributed by atoms with Gasteiger partial charge in [0.05, 0.1) is 49.1 Å². The van der Waals surface area contributed by atoms with E-state index < -0.39 is 0 Å². The van der Waals surface area contributed by atoms with Crippen molar-refractivity contribution in [1.29, 1.82) is 5.26 Å². The Morgan fingerprint density at radius 2 is 2.00 bits per heavy atom. The molecule has 0 saturated carbocycles. The molecule has 0 aromatic carbocycles. The molecule has 0 bridgehead atoms. The first-order valence-corrected chi connectivity index (χ1v) is 11.0. The molecule has 3 fully saturated rings. The monoisotopic (exact) mass is 427 g/mol. The van der Waals surface area contributed by atoms with Crippen LogP contribution in [0.25, 0.3) is 0 Å². The number of nitrogens with one attached hydrogen (secondary N) is 1. The maximum absolute atomic E-state index is 9.51. The van der Waals surface area contributed by atoms with E-state index in [1.807, 2.05) is 26.1 Å². The fourth-order valence-electron chi connectivity index (χ4n) is 4.58. The second-order valence-corrected chi connectivity index (χ2v) is 9.10. The third-order valence-corrected chi connectivity index (χ3v) is 6.92. The summed E-state index contributed by atoms with van der Waals surface area (Å²) in [7, 11) is 0. The fraction of sp³-hybridized carbons (Fsp3) is 0.600. The van der Waals surface area contributed by atoms with Crippen LogP contribution in [0, 0.1) is 25.2 Å². The molecule has 2 atom stereocenters. The summed E-state index contributed by atoms with van der Waals surface area (Å²) in [6.07, 6.45) is 2.55. The van der Waals surface area contributed by atoms with Crippen molar-refractivity contribution < 1.29 is 9.47 Å². The largest absolute Gasteiger partial charge is 0.372 e. The second kappa shape index (κ2) is 7.74. The normalized spacial score (nSPS) is 25.4. The minimum atomic E-state index is -0.182. The van der Waals surface area contributed by atoms with E-state index in [1.165, 1.54) is 11.5 Å². The molecule has 0 radical (unpaired) electrons. The lowest BCUT2D eigenvalue weighted by atomic mass is 9.84. The highest BCUT2D eigenvalue weighted by Gasteiger charge is 2.53. The molecule has 9 nitrogen and oxygen atoms in total. The van der Waals surface area contributed by atoms with Gasteiger partial charge in [-0.15, -0.1) is 0 Å². The van der Waals surface area contributed by atoms with Gasteiger partial charge in [-0.2, -0.15) is 14.6 Å². The first kappa shape index (κ1) is 19.6. The first-order valence-electron chi connectivity index (χ1n) is 10.2. The topological polar surface area (TPSA) is 99.4 Å². The third kappa shape index (κ3) is 3.52. The van der Waals surface area contributed by atoms with Gasteiger partial charge in [-0.25, -0.2) is 4.98 Å². The van der Waals surface area contributed by atoms with Gasteiger partial charge >= 0.3 is 0 Å². The Bertz CT molecular complexity index is 954. The van der Waals surface area contributed by atoms with Crippen LogP contribution in [0.15, 0.2) is 12.3 Å². The Labute approximate surface area is 179 Å². The highest BCUT2D eigenvalue weighted by molar-refractivity contribution is 7.10. The number of aromatic nitrogens is 3. The quantitative estimate of drug-likeness (QED) is 0.766. The zero-order chi connectivity index (χ0) is 20.7. The predicted octanol–water partition coefficient (Wildman–Crippen LogP) is 1.87. The van der Waals surface area contributed by atoms with Crippen molar-refractivity contribution in [2.75, 3.05) is 49.6 Å². The van der Waals surface area contributed by atoms with Gasteiger partial charge in [0.15, 0.2) is 0 Å². The highest BCUT2D eigenvalue weighted by atomic mass is 32.1. The SMILES string of the molecule is Cc1cc(Nc2ncc(C)c(N3CC(CC#N)(N4C[C@@H]5OCCO[C@@H]5C4)C3)n2)sn1. The van der Waals surface area contributed by atoms with Crippen LogP contribution in [0.5, 0.6) is 0 Å². The van der Waals surface area contributed by atoms with E-state index in [0.29, 0.717) is 25.6 Å². The molecule has 2 aromatic heterocycles. The average Bonchev–Trinajstić information content (AvgIpc) is 3.32. The zero-order valence-corrected chi connectivity index (χ0v) is 18.0. The number of fused-ring (bicyclic) bond motifs is 1. The molecule has 0 amide bonds. The molecule has 1 N–H and O–H groups in total. The minimum absolute atomic E-state index is 0.114. The molecule has 0 unspecified atom stereocenters. The van der Waals surface area contributed by atoms with Crippen LogP contribution in [0.4, 0.5) is 16.8 Å². The van der Waals surface area contributed by atoms with Crippen LogP contribution >= 0.6 is 11.5 Å². The molecule has 2 aromatic rings. The summed E-state index contributed by atoms with van der Waals surface area (Å²) in [5.74, 6) is 1.47. The molecule has 0 spiro atoms. The zero-order valence-electron chi connectivity index (χ0n) is 17.2. The average molecular weight is 428 g/mol. The Kier molecular flexibility index (Phi) is 5.06. The molecule has 5 heterocycles. The van der Waals surface area contributed by atoms with Gasteiger partial charge in [0.1, 0.15) is 10.8 Å². The van der Waals surface area contributed by atoms with Crippen LogP contribution in [0.3, 0.4) is 0 Å². The molecule has 0 aliphatic carbocycles. The molecular weight excluding hydrogens is 402 g/mol. The van der Waals surface area contributed by atoms with Gasteiger partial charge in [0, 0.05) is 37.9 Å². The third-order valence-electron chi connectivity index (χ3n) is 6.12. The van der Waals surface area contributed by atoms with Crippen LogP contribution in [0.2, 0.25) is 0 Å². The van der Waals surface area contributed by atoms with Crippen molar-refractivity contribution >= 4 is 28.3 Å². The van der Waals surface area contributed by atoms with Crippen LogP contribution in [-0.2, 0) is 9.47 Å². The van der Waals surface area contributed by atoms with Gasteiger partial charge in [-0.05, 0) is 31.4 Å². The lowest BCUT2D eigenvalue weighted by Gasteiger charge is -2.54. The summed E-state index contributed by atoms with van der Waals surface area (Å²) < 4.78 is 16.1. The van der Waals surface area contributed by atoms with Crippen molar-refractivity contribution in [2.45, 2.75) is 38.0 Å². The molecule has 10 heteroatoms. The van der Waals surface area contributed by atoms with Crippen LogP contribution in [0.1, 0.15) is 17.7 Å². The van der Waals surface area contributed by atoms with E-state index >= 15 is 0 Å². The van der Waals surface area contributed by atoms with Gasteiger partial charge in [-0.1, -0.05) is 0 Å². The first-order chi connectivity index (χ1) is 14.6. The lowest BCUT2D eigenvalue weighted by molar-refractivity contribution is -0.116. The predicted molar refractivity (Wildman–Crippen MR) is 113 cm³/mol. The summed E-state index contributed by atoms with van der Waals surface area (Å²) in [4.78, 5) is 13.8. The molecule has 3 aliphatic heterocycles. The summed E-state index contributed by atoms with van der Waals surface area (Å²) in [6, 6.07) is 4.38. The maximum atomic E-state index is 9.51. The minimum Gasteiger partial charge on any atom is -0.372 e. The van der Waals surface area contributed by atoms with Crippen molar-refractivity contribution in [3.05, 3.63) is 23.5 Å². The Morgan fingerprint density at radius 1 is 1.27 bits per heavy atom. The number of likely N-dealkylation sites (tertiary alicyclic amines) is 1. The van der Waals surface area contributed by atoms with Gasteiger partial charge in [0.25, 0.3) is 0 Å². The summed E-state index contributed by atoms with van der Waals surface area (Å²) in [5.41, 5.74) is 1.81. The number of hydrogen-bond donors (Lipinski definition) is 1. The molecular formula is C20H25N7O2S. The Hall–Kier alpha value is -2.32. The highest BCUT2D eigenvalue weighted by Crippen LogP contribution is 2.39. The van der Waals surface area contributed by atoms with Crippen LogP contribution in [-0.4, -0.2) is 76.4 Å². The number of ether oxygens (including phenoxy) is 2. The summed E-state index contributed by atoms with van der Waals surface area (Å²) in [5, 5.41) is 13.7. The lowest BCUT2D eigenvalue weighted by Crippen LogP contribution is -2.70. The van der Waals surface area contributed by atoms with Gasteiger partial charge in [0.2, 0.25) is 5.95 Å². The number of anilines is 3. The number of aryl methyl sites for hydroxylation is 2. The molecule has 30 heavy (non-hydrogen) atoms. The van der Waals surface area contributed by atoms with Gasteiger partial charge < -0.3 is 19.7 Å². The molecule has 158 valence electrons. The summed E-state index contributed by atoms with van der Waals surface area (Å²) in [6.45, 7) is 8.45. The molecule has 5 rings (SSSR count). The number of nitrogens with zero attached hydrogens (tertiary/aromatic N) is 6. The van der Waals surface area contributed by atoms with E-state index in [1.54, 1.807) is 0 Å². The Morgan fingerprint density at radius 3 is 2.63 bits per heavy atom. The molecule has 3 saturated heterocycles. The van der Waals surface area contributed by atoms with Crippen molar-refractivity contribution in [2.24, 2.45) is 0 Å². The number of rotatable bonds is 5. The van der Waals surface area contributed by atoms with Gasteiger partial charge in [-0.3, -0.25) is 4.90 Å². The molecule has 3 aliphatic rings. The second-order valence-electron chi connectivity index (χ2n) is 8.30. The number of hydrogen-bond acceptors (Lipinski definition) is 10. The summed E-state index contributed by atoms with van der Waals surface area (Å²) >= 11 is 1.39. The smallest absolute Gasteiger partial charge is 0.229 e. The van der Waals surface area contributed by atoms with E-state index in [2.05, 4.69) is 30.5 Å². The maximum Gasteiger partial charge on any atom is 0.229 e. The van der Waals surface area contributed by atoms with E-state index in [0.717, 1.165) is 48.3 Å². The Balaban J connectivity index is 1.31. The van der Waals surface area contributed by atoms with E-state index in [-0.39, 0.29) is 17.7 Å². The van der Waals surface area contributed by atoms with E-state index in [4.69, 9.17) is 14.5 Å². The van der Waals surface area contributed by atoms with Crippen molar-refractivity contribution in [1.82, 2.24) is 19.2 Å². The van der Waals surface area contributed by atoms with Crippen molar-refractivity contribution in [3.8, 4) is 6.07 Å². The standard InChI is InChI=1S/C20H25N7O2S/c1-13-8-22-19(23-17-7-14(2)25-30-17)24-18(13)26-11-20(12-26,3-4-21)27-9-15-16(10-27)29-6-5-28-15/h7-8,15-16H,3,5-6,9-12H2,1-2H3,(H,22,23,24)/t15-,16+. The van der Waals surface area contributed by atoms with E-state index in [9.17, 15) is 5.26 Å². The fourth-order valence-corrected chi connectivity index (χ4v) is 5.24. The van der Waals surface area contributed by atoms with Crippen molar-refractivity contribution in [3.63, 3.8) is 0 Å².